The van der Waals surface area contributed by atoms with Gasteiger partial charge in [0.2, 0.25) is 10.0 Å². The minimum Gasteiger partial charge on any atom is -0.320 e. The first kappa shape index (κ1) is 17.6. The number of nitrogens with one attached hydrogen (secondary N) is 2. The van der Waals surface area contributed by atoms with E-state index in [4.69, 9.17) is 0 Å². The first-order valence-electron chi connectivity index (χ1n) is 8.30. The Balaban J connectivity index is 1.76. The lowest BCUT2D eigenvalue weighted by Gasteiger charge is -2.35. The fourth-order valence-electron chi connectivity index (χ4n) is 3.12. The van der Waals surface area contributed by atoms with Crippen LogP contribution in [0.5, 0.6) is 0 Å². The van der Waals surface area contributed by atoms with Crippen LogP contribution in [0.4, 0.5) is 10.5 Å². The first-order chi connectivity index (χ1) is 11.9. The number of sulfonamides is 1. The molecular formula is C17H22N4O3S. The second-order valence-electron chi connectivity index (χ2n) is 6.27. The van der Waals surface area contributed by atoms with Crippen LogP contribution >= 0.6 is 0 Å². The molecule has 3 rings (SSSR count). The number of rotatable bonds is 4. The van der Waals surface area contributed by atoms with Crippen LogP contribution in [-0.4, -0.2) is 49.7 Å². The SMILES string of the molecule is CS(=O)(=O)NC[C@H]1CCCCN1C(=O)Nc1cccc2cccnc12. The van der Waals surface area contributed by atoms with E-state index in [1.807, 2.05) is 30.3 Å². The summed E-state index contributed by atoms with van der Waals surface area (Å²) in [7, 11) is -3.28. The minimum atomic E-state index is -3.28. The van der Waals surface area contributed by atoms with Crippen molar-refractivity contribution >= 4 is 32.6 Å². The average Bonchev–Trinajstić information content (AvgIpc) is 2.60. The highest BCUT2D eigenvalue weighted by atomic mass is 32.2. The van der Waals surface area contributed by atoms with Gasteiger partial charge in [-0.3, -0.25) is 4.98 Å². The largest absolute Gasteiger partial charge is 0.322 e. The summed E-state index contributed by atoms with van der Waals surface area (Å²) in [4.78, 5) is 18.8. The highest BCUT2D eigenvalue weighted by molar-refractivity contribution is 7.88. The molecule has 0 spiro atoms. The van der Waals surface area contributed by atoms with Crippen LogP contribution in [0.25, 0.3) is 10.9 Å². The molecule has 0 unspecified atom stereocenters. The summed E-state index contributed by atoms with van der Waals surface area (Å²) in [5.74, 6) is 0. The van der Waals surface area contributed by atoms with E-state index in [1.165, 1.54) is 0 Å². The van der Waals surface area contributed by atoms with E-state index in [-0.39, 0.29) is 18.6 Å². The van der Waals surface area contributed by atoms with Gasteiger partial charge >= 0.3 is 6.03 Å². The number of pyridine rings is 1. The van der Waals surface area contributed by atoms with E-state index in [0.29, 0.717) is 12.2 Å². The number of benzene rings is 1. The van der Waals surface area contributed by atoms with Gasteiger partial charge in [-0.25, -0.2) is 17.9 Å². The summed E-state index contributed by atoms with van der Waals surface area (Å²) < 4.78 is 25.2. The molecule has 1 fully saturated rings. The first-order valence-corrected chi connectivity index (χ1v) is 10.2. The molecule has 0 aliphatic carbocycles. The summed E-state index contributed by atoms with van der Waals surface area (Å²) in [5, 5.41) is 3.88. The molecule has 2 heterocycles. The number of anilines is 1. The maximum Gasteiger partial charge on any atom is 0.322 e. The van der Waals surface area contributed by atoms with Crippen LogP contribution in [0, 0.1) is 0 Å². The van der Waals surface area contributed by atoms with Crippen LogP contribution < -0.4 is 10.0 Å². The van der Waals surface area contributed by atoms with Crippen molar-refractivity contribution in [3.63, 3.8) is 0 Å². The van der Waals surface area contributed by atoms with Gasteiger partial charge in [0.15, 0.2) is 0 Å². The van der Waals surface area contributed by atoms with Gasteiger partial charge in [-0.1, -0.05) is 18.2 Å². The van der Waals surface area contributed by atoms with E-state index >= 15 is 0 Å². The van der Waals surface area contributed by atoms with Gasteiger partial charge in [0, 0.05) is 30.7 Å². The van der Waals surface area contributed by atoms with Gasteiger partial charge < -0.3 is 10.2 Å². The molecule has 1 aliphatic heterocycles. The predicted octanol–water partition coefficient (Wildman–Crippen LogP) is 2.17. The van der Waals surface area contributed by atoms with Crippen molar-refractivity contribution in [1.82, 2.24) is 14.6 Å². The van der Waals surface area contributed by atoms with Crippen molar-refractivity contribution < 1.29 is 13.2 Å². The van der Waals surface area contributed by atoms with Crippen molar-refractivity contribution in [2.24, 2.45) is 0 Å². The van der Waals surface area contributed by atoms with Gasteiger partial charge in [0.25, 0.3) is 0 Å². The number of carbonyl (C=O) groups is 1. The minimum absolute atomic E-state index is 0.147. The topological polar surface area (TPSA) is 91.4 Å². The number of likely N-dealkylation sites (tertiary alicyclic amines) is 1. The molecule has 1 aliphatic rings. The fraction of sp³-hybridized carbons (Fsp3) is 0.412. The number of amides is 2. The molecule has 134 valence electrons. The molecule has 0 bridgehead atoms. The molecule has 1 atom stereocenters. The smallest absolute Gasteiger partial charge is 0.320 e. The van der Waals surface area contributed by atoms with Crippen LogP contribution in [0.2, 0.25) is 0 Å². The second-order valence-corrected chi connectivity index (χ2v) is 8.11. The van der Waals surface area contributed by atoms with E-state index in [1.54, 1.807) is 11.1 Å². The number of fused-ring (bicyclic) bond motifs is 1. The number of para-hydroxylation sites is 1. The maximum atomic E-state index is 12.8. The van der Waals surface area contributed by atoms with Crippen LogP contribution in [0.3, 0.4) is 0 Å². The van der Waals surface area contributed by atoms with Crippen molar-refractivity contribution in [2.45, 2.75) is 25.3 Å². The summed E-state index contributed by atoms with van der Waals surface area (Å²) in [6.45, 7) is 0.847. The molecule has 1 aromatic carbocycles. The van der Waals surface area contributed by atoms with E-state index in [0.717, 1.165) is 36.4 Å². The Morgan fingerprint density at radius 2 is 2.08 bits per heavy atom. The molecule has 7 nitrogen and oxygen atoms in total. The molecule has 2 amide bonds. The molecule has 25 heavy (non-hydrogen) atoms. The molecule has 8 heteroatoms. The van der Waals surface area contributed by atoms with Gasteiger partial charge in [-0.2, -0.15) is 0 Å². The van der Waals surface area contributed by atoms with E-state index in [2.05, 4.69) is 15.0 Å². The summed E-state index contributed by atoms with van der Waals surface area (Å²) >= 11 is 0. The second kappa shape index (κ2) is 7.37. The predicted molar refractivity (Wildman–Crippen MR) is 98.0 cm³/mol. The molecule has 2 aromatic rings. The molecule has 0 saturated carbocycles. The van der Waals surface area contributed by atoms with Gasteiger partial charge in [0.1, 0.15) is 0 Å². The summed E-state index contributed by atoms with van der Waals surface area (Å²) in [6, 6.07) is 9.06. The third-order valence-electron chi connectivity index (χ3n) is 4.34. The van der Waals surface area contributed by atoms with Gasteiger partial charge in [-0.15, -0.1) is 0 Å². The maximum absolute atomic E-state index is 12.8. The van der Waals surface area contributed by atoms with E-state index < -0.39 is 10.0 Å². The lowest BCUT2D eigenvalue weighted by Crippen LogP contribution is -2.50. The Morgan fingerprint density at radius 1 is 1.28 bits per heavy atom. The van der Waals surface area contributed by atoms with Crippen LogP contribution in [0.1, 0.15) is 19.3 Å². The number of nitrogens with zero attached hydrogens (tertiary/aromatic N) is 2. The highest BCUT2D eigenvalue weighted by Crippen LogP contribution is 2.23. The lowest BCUT2D eigenvalue weighted by atomic mass is 10.0. The van der Waals surface area contributed by atoms with Crippen LogP contribution in [-0.2, 0) is 10.0 Å². The summed E-state index contributed by atoms with van der Waals surface area (Å²) in [5.41, 5.74) is 1.39. The summed E-state index contributed by atoms with van der Waals surface area (Å²) in [6.07, 6.45) is 5.50. The fourth-order valence-corrected chi connectivity index (χ4v) is 3.61. The number of piperidine rings is 1. The zero-order valence-corrected chi connectivity index (χ0v) is 14.9. The molecule has 1 aromatic heterocycles. The lowest BCUT2D eigenvalue weighted by molar-refractivity contribution is 0.164. The molecular weight excluding hydrogens is 340 g/mol. The van der Waals surface area contributed by atoms with Gasteiger partial charge in [0.05, 0.1) is 17.5 Å². The zero-order chi connectivity index (χ0) is 17.9. The van der Waals surface area contributed by atoms with Crippen molar-refractivity contribution in [1.29, 1.82) is 0 Å². The van der Waals surface area contributed by atoms with Crippen LogP contribution in [0.15, 0.2) is 36.5 Å². The number of hydrogen-bond acceptors (Lipinski definition) is 4. The van der Waals surface area contributed by atoms with Crippen molar-refractivity contribution in [2.75, 3.05) is 24.7 Å². The molecule has 1 saturated heterocycles. The molecule has 0 radical (unpaired) electrons. The number of aromatic nitrogens is 1. The average molecular weight is 362 g/mol. The van der Waals surface area contributed by atoms with Gasteiger partial charge in [-0.05, 0) is 31.4 Å². The van der Waals surface area contributed by atoms with Crippen molar-refractivity contribution in [3.8, 4) is 0 Å². The number of carbonyl (C=O) groups excluding carboxylic acids is 1. The Hall–Kier alpha value is -2.19. The standard InChI is InChI=1S/C17H22N4O3S/c1-25(23,24)19-12-14-8-2-3-11-21(14)17(22)20-15-9-4-6-13-7-5-10-18-16(13)15/h4-7,9-10,14,19H,2-3,8,11-12H2,1H3,(H,20,22)/t14-/m1/s1. The Morgan fingerprint density at radius 3 is 2.88 bits per heavy atom. The molecule has 2 N–H and O–H groups in total. The highest BCUT2D eigenvalue weighted by Gasteiger charge is 2.27. The third-order valence-corrected chi connectivity index (χ3v) is 5.03. The number of hydrogen-bond donors (Lipinski definition) is 2. The zero-order valence-electron chi connectivity index (χ0n) is 14.1. The van der Waals surface area contributed by atoms with E-state index in [9.17, 15) is 13.2 Å². The Kier molecular flexibility index (Phi) is 5.19. The monoisotopic (exact) mass is 362 g/mol. The Labute approximate surface area is 147 Å². The normalized spacial score (nSPS) is 18.3. The third kappa shape index (κ3) is 4.46. The quantitative estimate of drug-likeness (QED) is 0.872. The Bertz CT molecular complexity index is 864. The number of urea groups is 1. The van der Waals surface area contributed by atoms with Crippen molar-refractivity contribution in [3.05, 3.63) is 36.5 Å².